The Bertz CT molecular complexity index is 919. The molecular formula is C17H16N2O5S. The van der Waals surface area contributed by atoms with Crippen LogP contribution in [0, 0.1) is 11.3 Å². The molecule has 0 aliphatic carbocycles. The molecule has 1 N–H and O–H groups in total. The van der Waals surface area contributed by atoms with Gasteiger partial charge in [-0.25, -0.2) is 13.1 Å². The monoisotopic (exact) mass is 360 g/mol. The molecule has 7 nitrogen and oxygen atoms in total. The number of para-hydroxylation sites is 1. The molecule has 0 saturated carbocycles. The molecule has 2 rings (SSSR count). The van der Waals surface area contributed by atoms with Gasteiger partial charge in [-0.2, -0.15) is 5.26 Å². The van der Waals surface area contributed by atoms with Gasteiger partial charge >= 0.3 is 0 Å². The molecule has 0 unspecified atom stereocenters. The summed E-state index contributed by atoms with van der Waals surface area (Å²) in [4.78, 5) is 12.1. The molecule has 2 aromatic rings. The van der Waals surface area contributed by atoms with Crippen molar-refractivity contribution >= 4 is 15.9 Å². The lowest BCUT2D eigenvalue weighted by molar-refractivity contribution is -0.125. The first-order valence-electron chi connectivity index (χ1n) is 7.24. The highest BCUT2D eigenvalue weighted by Crippen LogP contribution is 2.19. The lowest BCUT2D eigenvalue weighted by Gasteiger charge is -2.15. The van der Waals surface area contributed by atoms with Gasteiger partial charge in [-0.05, 0) is 31.2 Å². The van der Waals surface area contributed by atoms with Crippen LogP contribution >= 0.6 is 0 Å². The van der Waals surface area contributed by atoms with Crippen molar-refractivity contribution in [3.8, 4) is 17.6 Å². The molecule has 0 aromatic heterocycles. The number of rotatable bonds is 6. The van der Waals surface area contributed by atoms with Crippen molar-refractivity contribution in [3.63, 3.8) is 0 Å². The SMILES string of the molecule is COc1cccc(S(=O)(=O)NC(=O)[C@H](C)Oc2ccccc2C#N)c1. The van der Waals surface area contributed by atoms with Crippen LogP contribution in [0.1, 0.15) is 12.5 Å². The number of sulfonamides is 1. The van der Waals surface area contributed by atoms with Crippen LogP contribution in [0.5, 0.6) is 11.5 Å². The third-order valence-electron chi connectivity index (χ3n) is 3.27. The van der Waals surface area contributed by atoms with Crippen molar-refractivity contribution in [3.05, 3.63) is 54.1 Å². The van der Waals surface area contributed by atoms with Crippen molar-refractivity contribution in [2.45, 2.75) is 17.9 Å². The number of methoxy groups -OCH3 is 1. The smallest absolute Gasteiger partial charge is 0.274 e. The topological polar surface area (TPSA) is 105 Å². The highest BCUT2D eigenvalue weighted by atomic mass is 32.2. The summed E-state index contributed by atoms with van der Waals surface area (Å²) in [5.41, 5.74) is 0.248. The Morgan fingerprint density at radius 1 is 1.20 bits per heavy atom. The second kappa shape index (κ2) is 7.68. The van der Waals surface area contributed by atoms with Gasteiger partial charge in [0.25, 0.3) is 15.9 Å². The molecule has 8 heteroatoms. The summed E-state index contributed by atoms with van der Waals surface area (Å²) in [6.07, 6.45) is -1.12. The third-order valence-corrected chi connectivity index (χ3v) is 4.61. The second-order valence-electron chi connectivity index (χ2n) is 5.02. The van der Waals surface area contributed by atoms with E-state index in [4.69, 9.17) is 14.7 Å². The molecule has 0 heterocycles. The van der Waals surface area contributed by atoms with E-state index in [1.165, 1.54) is 44.4 Å². The number of hydrogen-bond acceptors (Lipinski definition) is 6. The molecule has 0 aliphatic heterocycles. The van der Waals surface area contributed by atoms with Crippen molar-refractivity contribution < 1.29 is 22.7 Å². The van der Waals surface area contributed by atoms with E-state index in [1.807, 2.05) is 10.8 Å². The van der Waals surface area contributed by atoms with Crippen LogP contribution < -0.4 is 14.2 Å². The number of nitrogens with one attached hydrogen (secondary N) is 1. The quantitative estimate of drug-likeness (QED) is 0.843. The standard InChI is InChI=1S/C17H16N2O5S/c1-12(24-16-9-4-3-6-13(16)11-18)17(20)19-25(21,22)15-8-5-7-14(10-15)23-2/h3-10,12H,1-2H3,(H,19,20)/t12-/m0/s1. The van der Waals surface area contributed by atoms with Crippen LogP contribution in [0.3, 0.4) is 0 Å². The Kier molecular flexibility index (Phi) is 5.62. The number of nitriles is 1. The van der Waals surface area contributed by atoms with Crippen molar-refractivity contribution in [1.29, 1.82) is 5.26 Å². The summed E-state index contributed by atoms with van der Waals surface area (Å²) in [5.74, 6) is -0.301. The van der Waals surface area contributed by atoms with Crippen molar-refractivity contribution in [1.82, 2.24) is 4.72 Å². The number of ether oxygens (including phenoxy) is 2. The Labute approximate surface area is 145 Å². The fourth-order valence-electron chi connectivity index (χ4n) is 1.95. The summed E-state index contributed by atoms with van der Waals surface area (Å²) >= 11 is 0. The Hall–Kier alpha value is -3.05. The van der Waals surface area contributed by atoms with Gasteiger partial charge in [0.15, 0.2) is 6.10 Å². The average molecular weight is 360 g/mol. The molecule has 0 fully saturated rings. The van der Waals surface area contributed by atoms with Gasteiger partial charge in [0.05, 0.1) is 17.6 Å². The van der Waals surface area contributed by atoms with Gasteiger partial charge in [0.2, 0.25) is 0 Å². The number of hydrogen-bond donors (Lipinski definition) is 1. The van der Waals surface area contributed by atoms with E-state index in [9.17, 15) is 13.2 Å². The highest BCUT2D eigenvalue weighted by Gasteiger charge is 2.23. The lowest BCUT2D eigenvalue weighted by atomic mass is 10.2. The molecule has 0 saturated heterocycles. The first-order valence-corrected chi connectivity index (χ1v) is 8.72. The van der Waals surface area contributed by atoms with Gasteiger partial charge in [-0.1, -0.05) is 18.2 Å². The minimum Gasteiger partial charge on any atom is -0.497 e. The zero-order valence-electron chi connectivity index (χ0n) is 13.6. The van der Waals surface area contributed by atoms with E-state index in [1.54, 1.807) is 18.2 Å². The van der Waals surface area contributed by atoms with Crippen LogP contribution in [0.15, 0.2) is 53.4 Å². The number of benzene rings is 2. The van der Waals surface area contributed by atoms with Gasteiger partial charge < -0.3 is 9.47 Å². The molecule has 0 spiro atoms. The van der Waals surface area contributed by atoms with Gasteiger partial charge in [0.1, 0.15) is 17.6 Å². The van der Waals surface area contributed by atoms with Crippen LogP contribution in [0.4, 0.5) is 0 Å². The van der Waals surface area contributed by atoms with Crippen LogP contribution in [0.2, 0.25) is 0 Å². The van der Waals surface area contributed by atoms with Crippen LogP contribution in [-0.4, -0.2) is 27.5 Å². The van der Waals surface area contributed by atoms with E-state index < -0.39 is 22.0 Å². The van der Waals surface area contributed by atoms with Crippen molar-refractivity contribution in [2.24, 2.45) is 0 Å². The Morgan fingerprint density at radius 3 is 2.60 bits per heavy atom. The van der Waals surface area contributed by atoms with Gasteiger partial charge in [-0.15, -0.1) is 0 Å². The maximum atomic E-state index is 12.3. The fraction of sp³-hybridized carbons (Fsp3) is 0.176. The maximum Gasteiger partial charge on any atom is 0.274 e. The van der Waals surface area contributed by atoms with E-state index >= 15 is 0 Å². The summed E-state index contributed by atoms with van der Waals surface area (Å²) < 4.78 is 36.9. The van der Waals surface area contributed by atoms with E-state index in [0.29, 0.717) is 5.75 Å². The molecule has 1 amide bonds. The molecule has 0 radical (unpaired) electrons. The molecule has 25 heavy (non-hydrogen) atoms. The minimum atomic E-state index is -4.07. The second-order valence-corrected chi connectivity index (χ2v) is 6.70. The zero-order valence-corrected chi connectivity index (χ0v) is 14.4. The average Bonchev–Trinajstić information content (AvgIpc) is 2.61. The van der Waals surface area contributed by atoms with Gasteiger partial charge in [-0.3, -0.25) is 4.79 Å². The van der Waals surface area contributed by atoms with E-state index in [0.717, 1.165) is 0 Å². The molecule has 1 atom stereocenters. The molecule has 0 bridgehead atoms. The molecular weight excluding hydrogens is 344 g/mol. The van der Waals surface area contributed by atoms with Crippen LogP contribution in [-0.2, 0) is 14.8 Å². The maximum absolute atomic E-state index is 12.3. The zero-order chi connectivity index (χ0) is 18.4. The summed E-state index contributed by atoms with van der Waals surface area (Å²) in [6, 6.07) is 14.0. The minimum absolute atomic E-state index is 0.107. The summed E-state index contributed by atoms with van der Waals surface area (Å²) in [7, 11) is -2.66. The van der Waals surface area contributed by atoms with E-state index in [2.05, 4.69) is 0 Å². The first kappa shape index (κ1) is 18.3. The number of amides is 1. The molecule has 2 aromatic carbocycles. The Morgan fingerprint density at radius 2 is 1.92 bits per heavy atom. The van der Waals surface area contributed by atoms with Gasteiger partial charge in [0, 0.05) is 6.07 Å². The lowest BCUT2D eigenvalue weighted by Crippen LogP contribution is -2.40. The first-order chi connectivity index (χ1) is 11.9. The fourth-order valence-corrected chi connectivity index (χ4v) is 3.03. The predicted molar refractivity (Wildman–Crippen MR) is 89.6 cm³/mol. The number of nitrogens with zero attached hydrogens (tertiary/aromatic N) is 1. The largest absolute Gasteiger partial charge is 0.497 e. The van der Waals surface area contributed by atoms with Crippen LogP contribution in [0.25, 0.3) is 0 Å². The molecule has 130 valence electrons. The number of carbonyl (C=O) groups is 1. The highest BCUT2D eigenvalue weighted by molar-refractivity contribution is 7.90. The van der Waals surface area contributed by atoms with Crippen molar-refractivity contribution in [2.75, 3.05) is 7.11 Å². The summed E-state index contributed by atoms with van der Waals surface area (Å²) in [5, 5.41) is 9.02. The normalized spacial score (nSPS) is 11.9. The Balaban J connectivity index is 2.13. The third kappa shape index (κ3) is 4.49. The predicted octanol–water partition coefficient (Wildman–Crippen LogP) is 1.84. The van der Waals surface area contributed by atoms with E-state index in [-0.39, 0.29) is 16.2 Å². The number of carbonyl (C=O) groups excluding carboxylic acids is 1. The molecule has 0 aliphatic rings. The summed E-state index contributed by atoms with van der Waals surface area (Å²) in [6.45, 7) is 1.39.